The third kappa shape index (κ3) is 5.71. The number of carbonyl (C=O) groups excluding carboxylic acids is 1. The Balaban J connectivity index is 1.54. The van der Waals surface area contributed by atoms with E-state index < -0.39 is 0 Å². The van der Waals surface area contributed by atoms with E-state index in [4.69, 9.17) is 4.74 Å². The summed E-state index contributed by atoms with van der Waals surface area (Å²) in [5.74, 6) is 1.12. The van der Waals surface area contributed by atoms with Crippen LogP contribution in [0.15, 0.2) is 46.8 Å². The Labute approximate surface area is 179 Å². The van der Waals surface area contributed by atoms with Crippen molar-refractivity contribution in [2.24, 2.45) is 0 Å². The molecule has 3 rings (SSSR count). The third-order valence-electron chi connectivity index (χ3n) is 4.41. The number of ether oxygens (including phenoxy) is 1. The Morgan fingerprint density at radius 1 is 1.21 bits per heavy atom. The van der Waals surface area contributed by atoms with Gasteiger partial charge in [-0.25, -0.2) is 0 Å². The van der Waals surface area contributed by atoms with E-state index >= 15 is 0 Å². The molecule has 2 aromatic carbocycles. The van der Waals surface area contributed by atoms with Crippen LogP contribution in [0.4, 0.5) is 10.8 Å². The molecule has 0 unspecified atom stereocenters. The lowest BCUT2D eigenvalue weighted by Crippen LogP contribution is -2.28. The van der Waals surface area contributed by atoms with Crippen LogP contribution in [0.2, 0.25) is 0 Å². The van der Waals surface area contributed by atoms with Crippen LogP contribution in [0.25, 0.3) is 0 Å². The maximum absolute atomic E-state index is 12.5. The number of benzene rings is 2. The van der Waals surface area contributed by atoms with Gasteiger partial charge in [0.25, 0.3) is 0 Å². The molecule has 1 amide bonds. The highest BCUT2D eigenvalue weighted by molar-refractivity contribution is 8.01. The average Bonchev–Trinajstić information content (AvgIpc) is 3.16. The lowest BCUT2D eigenvalue weighted by Gasteiger charge is -2.18. The van der Waals surface area contributed by atoms with E-state index in [-0.39, 0.29) is 5.91 Å². The molecule has 1 aromatic heterocycles. The minimum absolute atomic E-state index is 0.0596. The van der Waals surface area contributed by atoms with Crippen LogP contribution in [-0.4, -0.2) is 40.9 Å². The van der Waals surface area contributed by atoms with Crippen molar-refractivity contribution in [2.75, 3.05) is 25.2 Å². The second-order valence-corrected chi connectivity index (χ2v) is 8.87. The SMILES string of the molecule is COc1ccccc1Nc1nnc(SCC(=O)N(C)Cc2ccc(C)cc2C)s1. The number of aryl methyl sites for hydroxylation is 2. The molecule has 3 aromatic rings. The summed E-state index contributed by atoms with van der Waals surface area (Å²) in [6.45, 7) is 4.75. The van der Waals surface area contributed by atoms with Gasteiger partial charge in [0.15, 0.2) is 4.34 Å². The van der Waals surface area contributed by atoms with Crippen molar-refractivity contribution in [3.05, 3.63) is 59.2 Å². The Morgan fingerprint density at radius 3 is 2.76 bits per heavy atom. The van der Waals surface area contributed by atoms with Gasteiger partial charge in [0, 0.05) is 13.6 Å². The molecule has 0 fully saturated rings. The van der Waals surface area contributed by atoms with E-state index in [9.17, 15) is 4.79 Å². The molecule has 1 N–H and O–H groups in total. The maximum atomic E-state index is 12.5. The normalized spacial score (nSPS) is 10.6. The Morgan fingerprint density at radius 2 is 2.00 bits per heavy atom. The van der Waals surface area contributed by atoms with Crippen LogP contribution in [0.1, 0.15) is 16.7 Å². The van der Waals surface area contributed by atoms with Gasteiger partial charge in [-0.05, 0) is 37.1 Å². The largest absolute Gasteiger partial charge is 0.495 e. The zero-order valence-corrected chi connectivity index (χ0v) is 18.6. The van der Waals surface area contributed by atoms with Crippen molar-refractivity contribution in [3.8, 4) is 5.75 Å². The molecule has 0 saturated heterocycles. The highest BCUT2D eigenvalue weighted by atomic mass is 32.2. The van der Waals surface area contributed by atoms with Crippen molar-refractivity contribution in [1.29, 1.82) is 0 Å². The second-order valence-electron chi connectivity index (χ2n) is 6.67. The lowest BCUT2D eigenvalue weighted by molar-refractivity contribution is -0.127. The molecule has 0 atom stereocenters. The van der Waals surface area contributed by atoms with Gasteiger partial charge in [-0.15, -0.1) is 10.2 Å². The Bertz CT molecular complexity index is 990. The summed E-state index contributed by atoms with van der Waals surface area (Å²) in [6.07, 6.45) is 0. The van der Waals surface area contributed by atoms with Gasteiger partial charge in [-0.1, -0.05) is 59.0 Å². The van der Waals surface area contributed by atoms with Gasteiger partial charge in [-0.3, -0.25) is 4.79 Å². The van der Waals surface area contributed by atoms with Crippen molar-refractivity contribution < 1.29 is 9.53 Å². The molecular weight excluding hydrogens is 404 g/mol. The van der Waals surface area contributed by atoms with Crippen LogP contribution in [0.5, 0.6) is 5.75 Å². The Hall–Kier alpha value is -2.58. The molecule has 152 valence electrons. The fourth-order valence-corrected chi connectivity index (χ4v) is 4.49. The number of para-hydroxylation sites is 2. The first kappa shape index (κ1) is 21.1. The minimum atomic E-state index is 0.0596. The number of hydrogen-bond acceptors (Lipinski definition) is 7. The first-order valence-corrected chi connectivity index (χ1v) is 10.9. The van der Waals surface area contributed by atoms with E-state index in [0.29, 0.717) is 17.4 Å². The predicted octanol–water partition coefficient (Wildman–Crippen LogP) is 4.66. The summed E-state index contributed by atoms with van der Waals surface area (Å²) in [5, 5.41) is 12.2. The van der Waals surface area contributed by atoms with Crippen molar-refractivity contribution in [1.82, 2.24) is 15.1 Å². The summed E-state index contributed by atoms with van der Waals surface area (Å²) < 4.78 is 6.08. The van der Waals surface area contributed by atoms with Gasteiger partial charge >= 0.3 is 0 Å². The number of carbonyl (C=O) groups is 1. The molecule has 0 aliphatic heterocycles. The molecule has 0 saturated carbocycles. The molecule has 0 spiro atoms. The van der Waals surface area contributed by atoms with Crippen LogP contribution in [-0.2, 0) is 11.3 Å². The number of thioether (sulfide) groups is 1. The van der Waals surface area contributed by atoms with Crippen LogP contribution in [0, 0.1) is 13.8 Å². The summed E-state index contributed by atoms with van der Waals surface area (Å²) in [6, 6.07) is 13.9. The number of hydrogen-bond donors (Lipinski definition) is 1. The fourth-order valence-electron chi connectivity index (χ4n) is 2.78. The average molecular weight is 429 g/mol. The van der Waals surface area contributed by atoms with E-state index in [1.54, 1.807) is 12.0 Å². The Kier molecular flexibility index (Phi) is 7.11. The predicted molar refractivity (Wildman–Crippen MR) is 119 cm³/mol. The summed E-state index contributed by atoms with van der Waals surface area (Å²) in [5.41, 5.74) is 4.42. The monoisotopic (exact) mass is 428 g/mol. The van der Waals surface area contributed by atoms with Crippen LogP contribution < -0.4 is 10.1 Å². The molecule has 0 aliphatic rings. The molecule has 1 heterocycles. The van der Waals surface area contributed by atoms with Crippen molar-refractivity contribution >= 4 is 39.8 Å². The number of anilines is 2. The number of methoxy groups -OCH3 is 1. The second kappa shape index (κ2) is 9.76. The minimum Gasteiger partial charge on any atom is -0.495 e. The number of amides is 1. The maximum Gasteiger partial charge on any atom is 0.233 e. The van der Waals surface area contributed by atoms with Gasteiger partial charge in [0.2, 0.25) is 11.0 Å². The van der Waals surface area contributed by atoms with Crippen molar-refractivity contribution in [2.45, 2.75) is 24.7 Å². The smallest absolute Gasteiger partial charge is 0.233 e. The van der Waals surface area contributed by atoms with E-state index in [2.05, 4.69) is 47.6 Å². The molecule has 0 bridgehead atoms. The summed E-state index contributed by atoms with van der Waals surface area (Å²) >= 11 is 2.81. The van der Waals surface area contributed by atoms with Crippen LogP contribution in [0.3, 0.4) is 0 Å². The highest BCUT2D eigenvalue weighted by Crippen LogP contribution is 2.31. The first-order valence-electron chi connectivity index (χ1n) is 9.12. The third-order valence-corrected chi connectivity index (χ3v) is 6.36. The van der Waals surface area contributed by atoms with Crippen LogP contribution >= 0.6 is 23.1 Å². The number of nitrogens with zero attached hydrogens (tertiary/aromatic N) is 3. The van der Waals surface area contributed by atoms with Crippen molar-refractivity contribution in [3.63, 3.8) is 0 Å². The molecule has 6 nitrogen and oxygen atoms in total. The highest BCUT2D eigenvalue weighted by Gasteiger charge is 2.14. The first-order chi connectivity index (χ1) is 14.0. The van der Waals surface area contributed by atoms with Gasteiger partial charge in [0.05, 0.1) is 18.6 Å². The molecule has 0 radical (unpaired) electrons. The number of rotatable bonds is 8. The molecule has 8 heteroatoms. The zero-order chi connectivity index (χ0) is 20.8. The molecule has 29 heavy (non-hydrogen) atoms. The van der Waals surface area contributed by atoms with Gasteiger partial charge < -0.3 is 15.0 Å². The molecular formula is C21H24N4O2S2. The van der Waals surface area contributed by atoms with E-state index in [1.807, 2.05) is 31.3 Å². The van der Waals surface area contributed by atoms with E-state index in [1.165, 1.54) is 34.2 Å². The van der Waals surface area contributed by atoms with Gasteiger partial charge in [0.1, 0.15) is 5.75 Å². The lowest BCUT2D eigenvalue weighted by atomic mass is 10.1. The fraction of sp³-hybridized carbons (Fsp3) is 0.286. The summed E-state index contributed by atoms with van der Waals surface area (Å²) in [7, 11) is 3.46. The number of nitrogens with one attached hydrogen (secondary N) is 1. The van der Waals surface area contributed by atoms with E-state index in [0.717, 1.165) is 21.3 Å². The zero-order valence-electron chi connectivity index (χ0n) is 16.9. The standard InChI is InChI=1S/C21H24N4O2S2/c1-14-9-10-16(15(2)11-14)12-25(3)19(26)13-28-21-24-23-20(29-21)22-17-7-5-6-8-18(17)27-4/h5-11H,12-13H2,1-4H3,(H,22,23). The van der Waals surface area contributed by atoms with Gasteiger partial charge in [-0.2, -0.15) is 0 Å². The summed E-state index contributed by atoms with van der Waals surface area (Å²) in [4.78, 5) is 14.3. The molecule has 0 aliphatic carbocycles. The number of aromatic nitrogens is 2. The topological polar surface area (TPSA) is 67.3 Å². The quantitative estimate of drug-likeness (QED) is 0.527.